The maximum absolute atomic E-state index is 13.0. The molecule has 4 heteroatoms. The third kappa shape index (κ3) is 2.82. The molecule has 0 bridgehead atoms. The van der Waals surface area contributed by atoms with Crippen LogP contribution in [0.2, 0.25) is 0 Å². The zero-order valence-electron chi connectivity index (χ0n) is 9.63. The minimum Gasteiger partial charge on any atom is -0.378 e. The lowest BCUT2D eigenvalue weighted by Gasteiger charge is -2.15. The fourth-order valence-corrected chi connectivity index (χ4v) is 2.72. The minimum absolute atomic E-state index is 0.0381. The summed E-state index contributed by atoms with van der Waals surface area (Å²) in [6.45, 7) is 4.00. The van der Waals surface area contributed by atoms with E-state index in [1.54, 1.807) is 11.3 Å². The molecule has 0 saturated heterocycles. The van der Waals surface area contributed by atoms with Crippen molar-refractivity contribution in [2.24, 2.45) is 0 Å². The average molecular weight is 253 g/mol. The Morgan fingerprint density at radius 1 is 1.18 bits per heavy atom. The molecule has 1 nitrogen and oxygen atoms in total. The molecule has 1 aromatic carbocycles. The molecule has 2 rings (SSSR count). The van der Waals surface area contributed by atoms with Crippen molar-refractivity contribution in [1.29, 1.82) is 0 Å². The molecule has 1 unspecified atom stereocenters. The van der Waals surface area contributed by atoms with Gasteiger partial charge in [-0.05, 0) is 43.0 Å². The lowest BCUT2D eigenvalue weighted by molar-refractivity contribution is 0.583. The van der Waals surface area contributed by atoms with E-state index in [-0.39, 0.29) is 6.04 Å². The highest BCUT2D eigenvalue weighted by molar-refractivity contribution is 7.10. The molecule has 2 aromatic rings. The van der Waals surface area contributed by atoms with Gasteiger partial charge in [0.05, 0.1) is 6.04 Å². The molecule has 0 amide bonds. The van der Waals surface area contributed by atoms with Gasteiger partial charge in [0, 0.05) is 16.6 Å². The Morgan fingerprint density at radius 2 is 1.82 bits per heavy atom. The van der Waals surface area contributed by atoms with E-state index < -0.39 is 11.6 Å². The van der Waals surface area contributed by atoms with Gasteiger partial charge in [-0.2, -0.15) is 0 Å². The van der Waals surface area contributed by atoms with Crippen LogP contribution in [0.1, 0.15) is 23.4 Å². The Balaban J connectivity index is 2.18. The first kappa shape index (κ1) is 12.0. The van der Waals surface area contributed by atoms with Crippen LogP contribution >= 0.6 is 11.3 Å². The highest BCUT2D eigenvalue weighted by Gasteiger charge is 2.10. The van der Waals surface area contributed by atoms with Crippen molar-refractivity contribution in [3.63, 3.8) is 0 Å². The quantitative estimate of drug-likeness (QED) is 0.848. The first-order chi connectivity index (χ1) is 8.06. The molecule has 0 aliphatic heterocycles. The van der Waals surface area contributed by atoms with E-state index in [9.17, 15) is 8.78 Å². The molecule has 17 heavy (non-hydrogen) atoms. The molecule has 0 saturated carbocycles. The first-order valence-corrected chi connectivity index (χ1v) is 6.21. The van der Waals surface area contributed by atoms with E-state index in [4.69, 9.17) is 0 Å². The Kier molecular flexibility index (Phi) is 3.43. The summed E-state index contributed by atoms with van der Waals surface area (Å²) in [5, 5.41) is 5.11. The smallest absolute Gasteiger partial charge is 0.128 e. The number of rotatable bonds is 3. The molecule has 0 aliphatic carbocycles. The van der Waals surface area contributed by atoms with Crippen molar-refractivity contribution in [2.75, 3.05) is 5.32 Å². The topological polar surface area (TPSA) is 12.0 Å². The lowest BCUT2D eigenvalue weighted by atomic mass is 10.2. The van der Waals surface area contributed by atoms with Gasteiger partial charge in [-0.15, -0.1) is 11.3 Å². The summed E-state index contributed by atoms with van der Waals surface area (Å²) in [4.78, 5) is 1.18. The highest BCUT2D eigenvalue weighted by Crippen LogP contribution is 2.27. The van der Waals surface area contributed by atoms with Crippen LogP contribution in [0.25, 0.3) is 0 Å². The van der Waals surface area contributed by atoms with Crippen LogP contribution in [0, 0.1) is 18.6 Å². The Labute approximate surface area is 103 Å². The normalized spacial score (nSPS) is 12.5. The Morgan fingerprint density at radius 3 is 2.35 bits per heavy atom. The van der Waals surface area contributed by atoms with Gasteiger partial charge >= 0.3 is 0 Å². The molecular weight excluding hydrogens is 240 g/mol. The molecule has 0 radical (unpaired) electrons. The number of hydrogen-bond acceptors (Lipinski definition) is 2. The van der Waals surface area contributed by atoms with Gasteiger partial charge < -0.3 is 5.32 Å². The van der Waals surface area contributed by atoms with Crippen LogP contribution in [0.15, 0.2) is 29.6 Å². The molecule has 1 N–H and O–H groups in total. The number of nitrogens with one attached hydrogen (secondary N) is 1. The van der Waals surface area contributed by atoms with Crippen molar-refractivity contribution in [3.8, 4) is 0 Å². The maximum Gasteiger partial charge on any atom is 0.128 e. The fourth-order valence-electron chi connectivity index (χ4n) is 1.78. The zero-order chi connectivity index (χ0) is 12.4. The zero-order valence-corrected chi connectivity index (χ0v) is 10.4. The second-order valence-electron chi connectivity index (χ2n) is 3.99. The van der Waals surface area contributed by atoms with Crippen molar-refractivity contribution in [2.45, 2.75) is 19.9 Å². The SMILES string of the molecule is Cc1ccsc1C(C)Nc1cc(F)cc(F)c1. The van der Waals surface area contributed by atoms with Crippen LogP contribution in [-0.2, 0) is 0 Å². The van der Waals surface area contributed by atoms with Gasteiger partial charge in [0.25, 0.3) is 0 Å². The summed E-state index contributed by atoms with van der Waals surface area (Å²) in [5.74, 6) is -1.13. The second kappa shape index (κ2) is 4.84. The van der Waals surface area contributed by atoms with Crippen LogP contribution < -0.4 is 5.32 Å². The van der Waals surface area contributed by atoms with Gasteiger partial charge in [-0.1, -0.05) is 0 Å². The van der Waals surface area contributed by atoms with Crippen LogP contribution in [-0.4, -0.2) is 0 Å². The summed E-state index contributed by atoms with van der Waals surface area (Å²) in [6, 6.07) is 5.53. The molecule has 1 atom stereocenters. The summed E-state index contributed by atoms with van der Waals surface area (Å²) < 4.78 is 26.0. The number of halogens is 2. The highest BCUT2D eigenvalue weighted by atomic mass is 32.1. The Hall–Kier alpha value is -1.42. The molecule has 90 valence electrons. The first-order valence-electron chi connectivity index (χ1n) is 5.33. The van der Waals surface area contributed by atoms with E-state index in [0.29, 0.717) is 5.69 Å². The minimum atomic E-state index is -0.567. The standard InChI is InChI=1S/C13H13F2NS/c1-8-3-4-17-13(8)9(2)16-12-6-10(14)5-11(15)7-12/h3-7,9,16H,1-2H3. The van der Waals surface area contributed by atoms with Gasteiger partial charge in [0.2, 0.25) is 0 Å². The van der Waals surface area contributed by atoms with Gasteiger partial charge in [-0.3, -0.25) is 0 Å². The predicted octanol–water partition coefficient (Wildman–Crippen LogP) is 4.51. The number of thiophene rings is 1. The van der Waals surface area contributed by atoms with Crippen molar-refractivity contribution >= 4 is 17.0 Å². The number of aryl methyl sites for hydroxylation is 1. The largest absolute Gasteiger partial charge is 0.378 e. The molecule has 0 aliphatic rings. The van der Waals surface area contributed by atoms with E-state index >= 15 is 0 Å². The summed E-state index contributed by atoms with van der Waals surface area (Å²) in [6.07, 6.45) is 0. The summed E-state index contributed by atoms with van der Waals surface area (Å²) in [7, 11) is 0. The predicted molar refractivity (Wildman–Crippen MR) is 67.5 cm³/mol. The summed E-state index contributed by atoms with van der Waals surface area (Å²) in [5.41, 5.74) is 1.65. The van der Waals surface area contributed by atoms with E-state index in [0.717, 1.165) is 6.07 Å². The molecule has 1 aromatic heterocycles. The fraction of sp³-hybridized carbons (Fsp3) is 0.231. The average Bonchev–Trinajstić information content (AvgIpc) is 2.62. The van der Waals surface area contributed by atoms with Gasteiger partial charge in [-0.25, -0.2) is 8.78 Å². The second-order valence-corrected chi connectivity index (χ2v) is 4.94. The number of anilines is 1. The molecule has 0 spiro atoms. The van der Waals surface area contributed by atoms with E-state index in [1.807, 2.05) is 25.3 Å². The summed E-state index contributed by atoms with van der Waals surface area (Å²) >= 11 is 1.64. The van der Waals surface area contributed by atoms with Crippen molar-refractivity contribution in [3.05, 3.63) is 51.7 Å². The monoisotopic (exact) mass is 253 g/mol. The maximum atomic E-state index is 13.0. The van der Waals surface area contributed by atoms with Crippen LogP contribution in [0.4, 0.5) is 14.5 Å². The van der Waals surface area contributed by atoms with Crippen LogP contribution in [0.3, 0.4) is 0 Å². The number of benzene rings is 1. The molecular formula is C13H13F2NS. The Bertz CT molecular complexity index is 502. The van der Waals surface area contributed by atoms with E-state index in [2.05, 4.69) is 5.32 Å². The van der Waals surface area contributed by atoms with Crippen molar-refractivity contribution < 1.29 is 8.78 Å². The lowest BCUT2D eigenvalue weighted by Crippen LogP contribution is -2.06. The third-order valence-corrected chi connectivity index (χ3v) is 3.74. The third-order valence-electron chi connectivity index (χ3n) is 2.54. The molecule has 1 heterocycles. The van der Waals surface area contributed by atoms with Gasteiger partial charge in [0.1, 0.15) is 11.6 Å². The van der Waals surface area contributed by atoms with Gasteiger partial charge in [0.15, 0.2) is 0 Å². The van der Waals surface area contributed by atoms with Crippen molar-refractivity contribution in [1.82, 2.24) is 0 Å². The van der Waals surface area contributed by atoms with E-state index in [1.165, 1.54) is 22.6 Å². The number of hydrogen-bond donors (Lipinski definition) is 1. The molecule has 0 fully saturated rings. The van der Waals surface area contributed by atoms with Crippen LogP contribution in [0.5, 0.6) is 0 Å².